The van der Waals surface area contributed by atoms with E-state index in [1.807, 2.05) is 13.8 Å². The smallest absolute Gasteiger partial charge is 0.417 e. The van der Waals surface area contributed by atoms with Crippen molar-refractivity contribution >= 4 is 17.5 Å². The van der Waals surface area contributed by atoms with Crippen LogP contribution in [0.1, 0.15) is 60.2 Å². The highest BCUT2D eigenvalue weighted by Gasteiger charge is 2.60. The van der Waals surface area contributed by atoms with Crippen molar-refractivity contribution in [2.75, 3.05) is 13.6 Å². The third kappa shape index (κ3) is 4.59. The Morgan fingerprint density at radius 1 is 1.21 bits per heavy atom. The molecular formula is C27H31F3N2O7. The van der Waals surface area contributed by atoms with Crippen LogP contribution in [-0.4, -0.2) is 62.0 Å². The topological polar surface area (TPSA) is 161 Å². The quantitative estimate of drug-likeness (QED) is 0.337. The predicted octanol–water partition coefficient (Wildman–Crippen LogP) is 3.08. The van der Waals surface area contributed by atoms with Crippen molar-refractivity contribution in [3.8, 4) is 5.75 Å². The zero-order chi connectivity index (χ0) is 29.2. The molecule has 212 valence electrons. The molecule has 0 radical (unpaired) electrons. The summed E-state index contributed by atoms with van der Waals surface area (Å²) in [6.45, 7) is 4.34. The number of alkyl halides is 3. The lowest BCUT2D eigenvalue weighted by Crippen LogP contribution is -2.57. The van der Waals surface area contributed by atoms with Crippen molar-refractivity contribution in [2.24, 2.45) is 23.5 Å². The van der Waals surface area contributed by atoms with Crippen molar-refractivity contribution in [1.82, 2.24) is 4.90 Å². The van der Waals surface area contributed by atoms with Gasteiger partial charge in [-0.25, -0.2) is 0 Å². The van der Waals surface area contributed by atoms with E-state index in [2.05, 4.69) is 0 Å². The maximum Gasteiger partial charge on any atom is 0.417 e. The molecule has 6 N–H and O–H groups in total. The van der Waals surface area contributed by atoms with Gasteiger partial charge in [0.1, 0.15) is 22.8 Å². The molecule has 0 saturated heterocycles. The number of nitrogens with two attached hydrogens (primary N) is 1. The van der Waals surface area contributed by atoms with Crippen LogP contribution in [0.2, 0.25) is 0 Å². The number of aliphatic hydroxyl groups excluding tert-OH is 2. The molecule has 1 aromatic rings. The van der Waals surface area contributed by atoms with Gasteiger partial charge in [0.05, 0.1) is 11.1 Å². The van der Waals surface area contributed by atoms with Gasteiger partial charge in [-0.3, -0.25) is 14.4 Å². The number of carbonyl (C=O) groups excluding carboxylic acids is 3. The van der Waals surface area contributed by atoms with Crippen LogP contribution in [0, 0.1) is 17.8 Å². The van der Waals surface area contributed by atoms with Crippen molar-refractivity contribution in [2.45, 2.75) is 57.9 Å². The number of allylic oxidation sites excluding steroid dienone is 2. The summed E-state index contributed by atoms with van der Waals surface area (Å²) in [6.07, 6.45) is -5.26. The molecular weight excluding hydrogens is 521 g/mol. The normalized spacial score (nSPS) is 25.3. The summed E-state index contributed by atoms with van der Waals surface area (Å²) < 4.78 is 43.4. The number of aromatic hydroxyl groups is 1. The van der Waals surface area contributed by atoms with Crippen LogP contribution in [0.25, 0.3) is 0 Å². The molecule has 0 aliphatic heterocycles. The number of phenols is 1. The molecule has 3 atom stereocenters. The van der Waals surface area contributed by atoms with Crippen LogP contribution in [-0.2, 0) is 28.7 Å². The first kappa shape index (κ1) is 28.6. The highest BCUT2D eigenvalue weighted by Crippen LogP contribution is 2.53. The minimum absolute atomic E-state index is 0.138. The number of Topliss-reactive ketones (excluding diaryl/α,β-unsaturated/α-hetero) is 2. The summed E-state index contributed by atoms with van der Waals surface area (Å²) in [5, 5.41) is 43.3. The van der Waals surface area contributed by atoms with E-state index in [-0.39, 0.29) is 18.5 Å². The third-order valence-corrected chi connectivity index (χ3v) is 7.96. The zero-order valence-corrected chi connectivity index (χ0v) is 21.7. The van der Waals surface area contributed by atoms with E-state index in [9.17, 15) is 48.0 Å². The van der Waals surface area contributed by atoms with Crippen LogP contribution in [0.15, 0.2) is 28.7 Å². The molecule has 3 aliphatic carbocycles. The van der Waals surface area contributed by atoms with E-state index in [1.54, 1.807) is 11.9 Å². The average Bonchev–Trinajstić information content (AvgIpc) is 2.78. The first-order chi connectivity index (χ1) is 18.0. The number of carbonyl (C=O) groups is 3. The Balaban J connectivity index is 1.85. The van der Waals surface area contributed by atoms with Crippen molar-refractivity contribution in [1.29, 1.82) is 0 Å². The van der Waals surface area contributed by atoms with E-state index in [0.29, 0.717) is 12.5 Å². The van der Waals surface area contributed by atoms with Crippen molar-refractivity contribution in [3.63, 3.8) is 0 Å². The van der Waals surface area contributed by atoms with Gasteiger partial charge in [0.2, 0.25) is 5.78 Å². The van der Waals surface area contributed by atoms with E-state index < -0.39 is 99.0 Å². The second-order valence-electron chi connectivity index (χ2n) is 11.1. The number of fused-ring (bicyclic) bond motifs is 3. The second kappa shape index (κ2) is 9.67. The number of hydrogen-bond donors (Lipinski definition) is 5. The van der Waals surface area contributed by atoms with Crippen LogP contribution in [0.3, 0.4) is 0 Å². The van der Waals surface area contributed by atoms with Crippen LogP contribution in [0.5, 0.6) is 5.75 Å². The predicted molar refractivity (Wildman–Crippen MR) is 132 cm³/mol. The molecule has 0 bridgehead atoms. The van der Waals surface area contributed by atoms with Crippen LogP contribution in [0.4, 0.5) is 13.2 Å². The average molecular weight is 553 g/mol. The molecule has 3 aliphatic rings. The highest BCUT2D eigenvalue weighted by atomic mass is 19.4. The highest BCUT2D eigenvalue weighted by molar-refractivity contribution is 6.24. The maximum atomic E-state index is 14.5. The van der Waals surface area contributed by atoms with Crippen molar-refractivity contribution in [3.05, 3.63) is 51.0 Å². The SMILES string of the molecule is CC(C)CCN(C)Cc1cc(O)c2c(c1C(F)(F)F)CC1C[C@H]3CC(O)=C(C(N)=O)C(=O)[C@@]3(O)C(O)=C1C2=O. The van der Waals surface area contributed by atoms with Crippen LogP contribution >= 0.6 is 0 Å². The summed E-state index contributed by atoms with van der Waals surface area (Å²) in [5.74, 6) is -8.39. The lowest BCUT2D eigenvalue weighted by molar-refractivity contribution is -0.144. The van der Waals surface area contributed by atoms with Gasteiger partial charge >= 0.3 is 6.18 Å². The summed E-state index contributed by atoms with van der Waals surface area (Å²) in [5.41, 5.74) is -1.39. The Hall–Kier alpha value is -3.38. The minimum atomic E-state index is -4.87. The second-order valence-corrected chi connectivity index (χ2v) is 11.1. The van der Waals surface area contributed by atoms with Gasteiger partial charge < -0.3 is 31.1 Å². The first-order valence-electron chi connectivity index (χ1n) is 12.6. The lowest BCUT2D eigenvalue weighted by atomic mass is 9.60. The monoisotopic (exact) mass is 552 g/mol. The number of rotatable bonds is 6. The van der Waals surface area contributed by atoms with E-state index in [0.717, 1.165) is 12.5 Å². The Bertz CT molecular complexity index is 1330. The Morgan fingerprint density at radius 3 is 2.41 bits per heavy atom. The van der Waals surface area contributed by atoms with Crippen LogP contribution < -0.4 is 5.73 Å². The summed E-state index contributed by atoms with van der Waals surface area (Å²) in [7, 11) is 1.66. The fourth-order valence-electron chi connectivity index (χ4n) is 6.08. The standard InChI is InChI=1S/C27H31F3N2O7/c1-11(2)4-5-32(3)10-13-8-16(33)19-15(21(13)27(28,29)30)7-12-6-14-9-17(34)20(25(31)38)24(37)26(14,39)23(36)18(12)22(19)35/h8,11-12,14,33-34,36,39H,4-7,9-10H2,1-3H3,(H2,31,38)/t12?,14-,26-/m0/s1. The van der Waals surface area contributed by atoms with Crippen molar-refractivity contribution < 1.29 is 48.0 Å². The number of ketones is 2. The molecule has 0 spiro atoms. The number of amides is 1. The number of hydrogen-bond acceptors (Lipinski definition) is 8. The maximum absolute atomic E-state index is 14.5. The number of aliphatic hydroxyl groups is 3. The Kier molecular flexibility index (Phi) is 7.10. The van der Waals surface area contributed by atoms with E-state index in [1.165, 1.54) is 0 Å². The summed E-state index contributed by atoms with van der Waals surface area (Å²) >= 11 is 0. The minimum Gasteiger partial charge on any atom is -0.511 e. The first-order valence-corrected chi connectivity index (χ1v) is 12.6. The molecule has 9 nitrogen and oxygen atoms in total. The zero-order valence-electron chi connectivity index (χ0n) is 21.7. The molecule has 4 rings (SSSR count). The Labute approximate surface area is 222 Å². The van der Waals surface area contributed by atoms with Gasteiger partial charge in [-0.05, 0) is 61.9 Å². The largest absolute Gasteiger partial charge is 0.511 e. The van der Waals surface area contributed by atoms with E-state index in [4.69, 9.17) is 5.73 Å². The van der Waals surface area contributed by atoms with Gasteiger partial charge in [-0.1, -0.05) is 13.8 Å². The molecule has 0 saturated carbocycles. The number of halogens is 3. The summed E-state index contributed by atoms with van der Waals surface area (Å²) in [6, 6.07) is 0.890. The van der Waals surface area contributed by atoms with Gasteiger partial charge in [-0.15, -0.1) is 0 Å². The van der Waals surface area contributed by atoms with Gasteiger partial charge in [-0.2, -0.15) is 13.2 Å². The number of nitrogens with zero attached hydrogens (tertiary/aromatic N) is 1. The van der Waals surface area contributed by atoms with Gasteiger partial charge in [0, 0.05) is 24.5 Å². The molecule has 1 aromatic carbocycles. The van der Waals surface area contributed by atoms with Gasteiger partial charge in [0.15, 0.2) is 11.4 Å². The van der Waals surface area contributed by atoms with E-state index >= 15 is 0 Å². The molecule has 12 heteroatoms. The fourth-order valence-corrected chi connectivity index (χ4v) is 6.08. The molecule has 39 heavy (non-hydrogen) atoms. The number of benzene rings is 1. The lowest BCUT2D eigenvalue weighted by Gasteiger charge is -2.45. The number of phenolic OH excluding ortho intramolecular Hbond substituents is 1. The molecule has 1 amide bonds. The number of primary amides is 1. The molecule has 0 heterocycles. The Morgan fingerprint density at radius 2 is 1.85 bits per heavy atom. The molecule has 0 fully saturated rings. The molecule has 0 aromatic heterocycles. The van der Waals surface area contributed by atoms with Gasteiger partial charge in [0.25, 0.3) is 5.91 Å². The summed E-state index contributed by atoms with van der Waals surface area (Å²) in [4.78, 5) is 40.0. The molecule has 1 unspecified atom stereocenters. The third-order valence-electron chi connectivity index (χ3n) is 7.96. The fraction of sp³-hybridized carbons (Fsp3) is 0.519.